The Morgan fingerprint density at radius 3 is 2.52 bits per heavy atom. The third kappa shape index (κ3) is 4.66. The van der Waals surface area contributed by atoms with Crippen LogP contribution in [-0.2, 0) is 4.79 Å². The molecule has 1 fully saturated rings. The Morgan fingerprint density at radius 2 is 1.97 bits per heavy atom. The zero-order valence-corrected chi connectivity index (χ0v) is 17.9. The summed E-state index contributed by atoms with van der Waals surface area (Å²) in [4.78, 5) is 22.7. The van der Waals surface area contributed by atoms with Crippen LogP contribution < -0.4 is 9.47 Å². The number of methoxy groups -OCH3 is 2. The minimum atomic E-state index is -0.405. The highest BCUT2D eigenvalue weighted by molar-refractivity contribution is 5.78. The number of phenols is 1. The van der Waals surface area contributed by atoms with Crippen molar-refractivity contribution in [3.63, 3.8) is 0 Å². The van der Waals surface area contributed by atoms with Crippen molar-refractivity contribution >= 4 is 5.91 Å². The molecule has 3 rings (SSSR count). The van der Waals surface area contributed by atoms with Crippen LogP contribution in [0.5, 0.6) is 17.2 Å². The van der Waals surface area contributed by atoms with Crippen molar-refractivity contribution in [2.45, 2.75) is 39.5 Å². The van der Waals surface area contributed by atoms with Gasteiger partial charge < -0.3 is 24.5 Å². The summed E-state index contributed by atoms with van der Waals surface area (Å²) in [7, 11) is 3.08. The van der Waals surface area contributed by atoms with E-state index in [1.165, 1.54) is 7.11 Å². The van der Waals surface area contributed by atoms with E-state index in [0.717, 1.165) is 31.0 Å². The van der Waals surface area contributed by atoms with Crippen molar-refractivity contribution in [2.24, 2.45) is 11.8 Å². The lowest BCUT2D eigenvalue weighted by molar-refractivity contribution is -0.134. The number of nitrogens with one attached hydrogen (secondary N) is 1. The number of carbonyl (C=O) groups is 1. The van der Waals surface area contributed by atoms with Gasteiger partial charge >= 0.3 is 0 Å². The summed E-state index contributed by atoms with van der Waals surface area (Å²) in [6, 6.07) is 3.27. The molecule has 2 heterocycles. The molecule has 1 aromatic heterocycles. The van der Waals surface area contributed by atoms with Crippen molar-refractivity contribution in [1.82, 2.24) is 14.9 Å². The Labute approximate surface area is 172 Å². The average Bonchev–Trinajstić information content (AvgIpc) is 3.11. The van der Waals surface area contributed by atoms with Gasteiger partial charge in [-0.2, -0.15) is 0 Å². The van der Waals surface area contributed by atoms with Gasteiger partial charge in [0.05, 0.1) is 14.2 Å². The summed E-state index contributed by atoms with van der Waals surface area (Å²) < 4.78 is 10.8. The quantitative estimate of drug-likeness (QED) is 0.774. The van der Waals surface area contributed by atoms with Gasteiger partial charge in [-0.1, -0.05) is 13.8 Å². The van der Waals surface area contributed by atoms with E-state index in [-0.39, 0.29) is 18.1 Å². The van der Waals surface area contributed by atoms with Gasteiger partial charge in [0.25, 0.3) is 0 Å². The number of H-pyrrole nitrogens is 1. The molecule has 1 aliphatic rings. The van der Waals surface area contributed by atoms with E-state index in [1.54, 1.807) is 25.4 Å². The van der Waals surface area contributed by atoms with E-state index < -0.39 is 5.92 Å². The number of piperidine rings is 1. The zero-order chi connectivity index (χ0) is 21.1. The van der Waals surface area contributed by atoms with Crippen LogP contribution >= 0.6 is 0 Å². The minimum Gasteiger partial charge on any atom is -0.507 e. The fourth-order valence-corrected chi connectivity index (χ4v) is 4.38. The predicted octanol–water partition coefficient (Wildman–Crippen LogP) is 3.47. The van der Waals surface area contributed by atoms with Gasteiger partial charge in [0.15, 0.2) is 0 Å². The first kappa shape index (κ1) is 21.0. The summed E-state index contributed by atoms with van der Waals surface area (Å²) in [6.45, 7) is 7.77. The number of aromatic amines is 1. The van der Waals surface area contributed by atoms with Gasteiger partial charge in [-0.15, -0.1) is 0 Å². The fourth-order valence-electron chi connectivity index (χ4n) is 4.38. The first-order valence-electron chi connectivity index (χ1n) is 10.1. The molecule has 29 heavy (non-hydrogen) atoms. The van der Waals surface area contributed by atoms with Crippen LogP contribution in [0, 0.1) is 18.8 Å². The second kappa shape index (κ2) is 8.76. The van der Waals surface area contributed by atoms with Crippen molar-refractivity contribution < 1.29 is 19.4 Å². The molecule has 1 saturated heterocycles. The number of amides is 1. The maximum Gasteiger partial charge on any atom is 0.223 e. The number of likely N-dealkylation sites (tertiary alicyclic amines) is 1. The Kier molecular flexibility index (Phi) is 6.35. The zero-order valence-electron chi connectivity index (χ0n) is 17.9. The van der Waals surface area contributed by atoms with Crippen LogP contribution in [0.25, 0.3) is 0 Å². The predicted molar refractivity (Wildman–Crippen MR) is 111 cm³/mol. The summed E-state index contributed by atoms with van der Waals surface area (Å²) in [5, 5.41) is 10.8. The van der Waals surface area contributed by atoms with Gasteiger partial charge in [0.2, 0.25) is 5.91 Å². The van der Waals surface area contributed by atoms with Gasteiger partial charge in [0.1, 0.15) is 23.1 Å². The van der Waals surface area contributed by atoms with E-state index in [1.807, 2.05) is 11.8 Å². The standard InChI is InChI=1S/C22H31N3O4/c1-13-6-14(2)12-25(11-13)21(27)9-17(18-10-23-15(3)24-18)22-19(26)7-16(28-4)8-20(22)29-5/h7-8,10,13-14,17,26H,6,9,11-12H2,1-5H3,(H,23,24). The molecule has 2 aromatic rings. The number of phenolic OH excluding ortho intramolecular Hbond substituents is 1. The van der Waals surface area contributed by atoms with Crippen molar-refractivity contribution in [2.75, 3.05) is 27.3 Å². The molecule has 0 bridgehead atoms. The number of hydrogen-bond donors (Lipinski definition) is 2. The third-order valence-electron chi connectivity index (χ3n) is 5.60. The molecule has 0 spiro atoms. The van der Waals surface area contributed by atoms with Crippen LogP contribution in [0.4, 0.5) is 0 Å². The molecule has 7 nitrogen and oxygen atoms in total. The van der Waals surface area contributed by atoms with Gasteiger partial charge in [-0.3, -0.25) is 4.79 Å². The van der Waals surface area contributed by atoms with Crippen molar-refractivity contribution in [1.29, 1.82) is 0 Å². The van der Waals surface area contributed by atoms with Gasteiger partial charge in [-0.05, 0) is 25.2 Å². The largest absolute Gasteiger partial charge is 0.507 e. The summed E-state index contributed by atoms with van der Waals surface area (Å²) >= 11 is 0. The molecule has 1 aliphatic heterocycles. The SMILES string of the molecule is COc1cc(O)c(C(CC(=O)N2CC(C)CC(C)C2)c2cnc(C)[nH]2)c(OC)c1. The van der Waals surface area contributed by atoms with Crippen molar-refractivity contribution in [3.05, 3.63) is 35.4 Å². The number of aromatic hydroxyl groups is 1. The molecule has 158 valence electrons. The summed E-state index contributed by atoms with van der Waals surface area (Å²) in [5.41, 5.74) is 1.33. The molecule has 3 unspecified atom stereocenters. The van der Waals surface area contributed by atoms with Crippen LogP contribution in [0.3, 0.4) is 0 Å². The van der Waals surface area contributed by atoms with E-state index in [2.05, 4.69) is 23.8 Å². The normalized spacial score (nSPS) is 20.4. The maximum atomic E-state index is 13.2. The third-order valence-corrected chi connectivity index (χ3v) is 5.60. The molecule has 0 saturated carbocycles. The Hall–Kier alpha value is -2.70. The Bertz CT molecular complexity index is 854. The molecular formula is C22H31N3O4. The number of nitrogens with zero attached hydrogens (tertiary/aromatic N) is 2. The molecule has 0 radical (unpaired) electrons. The highest BCUT2D eigenvalue weighted by Gasteiger charge is 2.31. The highest BCUT2D eigenvalue weighted by atomic mass is 16.5. The Morgan fingerprint density at radius 1 is 1.28 bits per heavy atom. The van der Waals surface area contributed by atoms with E-state index in [9.17, 15) is 9.90 Å². The van der Waals surface area contributed by atoms with E-state index in [0.29, 0.717) is 28.9 Å². The number of benzene rings is 1. The summed E-state index contributed by atoms with van der Waals surface area (Å²) in [6.07, 6.45) is 3.08. The fraction of sp³-hybridized carbons (Fsp3) is 0.545. The first-order valence-corrected chi connectivity index (χ1v) is 10.1. The number of imidazole rings is 1. The second-order valence-corrected chi connectivity index (χ2v) is 8.19. The molecule has 3 atom stereocenters. The molecule has 0 aliphatic carbocycles. The van der Waals surface area contributed by atoms with E-state index >= 15 is 0 Å². The number of aryl methyl sites for hydroxylation is 1. The lowest BCUT2D eigenvalue weighted by Crippen LogP contribution is -2.43. The van der Waals surface area contributed by atoms with E-state index in [4.69, 9.17) is 9.47 Å². The first-order chi connectivity index (χ1) is 13.8. The number of hydrogen-bond acceptors (Lipinski definition) is 5. The summed E-state index contributed by atoms with van der Waals surface area (Å²) in [5.74, 6) is 2.39. The number of rotatable bonds is 6. The Balaban J connectivity index is 1.98. The molecule has 7 heteroatoms. The second-order valence-electron chi connectivity index (χ2n) is 8.19. The number of ether oxygens (including phenoxy) is 2. The number of aromatic nitrogens is 2. The lowest BCUT2D eigenvalue weighted by atomic mass is 9.88. The molecule has 1 amide bonds. The van der Waals surface area contributed by atoms with Crippen LogP contribution in [-0.4, -0.2) is 53.2 Å². The molecular weight excluding hydrogens is 370 g/mol. The molecule has 1 aromatic carbocycles. The highest BCUT2D eigenvalue weighted by Crippen LogP contribution is 2.42. The minimum absolute atomic E-state index is 0.0339. The van der Waals surface area contributed by atoms with Crippen LogP contribution in [0.2, 0.25) is 0 Å². The van der Waals surface area contributed by atoms with Gasteiger partial charge in [-0.25, -0.2) is 4.98 Å². The maximum absolute atomic E-state index is 13.2. The smallest absolute Gasteiger partial charge is 0.223 e. The topological polar surface area (TPSA) is 87.7 Å². The lowest BCUT2D eigenvalue weighted by Gasteiger charge is -2.36. The van der Waals surface area contributed by atoms with Gasteiger partial charge in [0, 0.05) is 55.0 Å². The van der Waals surface area contributed by atoms with Crippen LogP contribution in [0.1, 0.15) is 49.7 Å². The van der Waals surface area contributed by atoms with Crippen molar-refractivity contribution in [3.8, 4) is 17.2 Å². The average molecular weight is 402 g/mol. The molecule has 2 N–H and O–H groups in total. The van der Waals surface area contributed by atoms with Crippen LogP contribution in [0.15, 0.2) is 18.3 Å². The monoisotopic (exact) mass is 401 g/mol. The number of carbonyl (C=O) groups excluding carboxylic acids is 1.